The number of hydrogen-bond acceptors (Lipinski definition) is 2. The third-order valence-electron chi connectivity index (χ3n) is 5.45. The third-order valence-corrected chi connectivity index (χ3v) is 5.45. The van der Waals surface area contributed by atoms with Gasteiger partial charge in [-0.3, -0.25) is 4.90 Å². The van der Waals surface area contributed by atoms with Crippen LogP contribution in [-0.4, -0.2) is 48.6 Å². The average molecular weight is 236 g/mol. The molecule has 2 aliphatic heterocycles. The number of nitrogens with zero attached hydrogens (tertiary/aromatic N) is 2. The van der Waals surface area contributed by atoms with Crippen LogP contribution in [0, 0.1) is 11.8 Å². The summed E-state index contributed by atoms with van der Waals surface area (Å²) < 4.78 is 0. The second-order valence-corrected chi connectivity index (χ2v) is 6.61. The predicted molar refractivity (Wildman–Crippen MR) is 72.2 cm³/mol. The topological polar surface area (TPSA) is 6.48 Å². The highest BCUT2D eigenvalue weighted by atomic mass is 15.3. The van der Waals surface area contributed by atoms with E-state index in [2.05, 4.69) is 16.7 Å². The molecule has 0 N–H and O–H groups in total. The molecular formula is C15H28N2. The van der Waals surface area contributed by atoms with Crippen molar-refractivity contribution in [3.05, 3.63) is 0 Å². The quantitative estimate of drug-likeness (QED) is 0.727. The first-order valence-corrected chi connectivity index (χ1v) is 7.79. The molecule has 0 aromatic heterocycles. The van der Waals surface area contributed by atoms with Gasteiger partial charge in [0.1, 0.15) is 0 Å². The van der Waals surface area contributed by atoms with Crippen LogP contribution in [0.25, 0.3) is 0 Å². The van der Waals surface area contributed by atoms with E-state index in [1.807, 2.05) is 0 Å². The largest absolute Gasteiger partial charge is 0.300 e. The zero-order chi connectivity index (χ0) is 11.7. The molecule has 1 aliphatic carbocycles. The van der Waals surface area contributed by atoms with Crippen molar-refractivity contribution in [3.63, 3.8) is 0 Å². The highest BCUT2D eigenvalue weighted by molar-refractivity contribution is 4.88. The number of fused-ring (bicyclic) bond motifs is 1. The highest BCUT2D eigenvalue weighted by Crippen LogP contribution is 2.31. The van der Waals surface area contributed by atoms with E-state index in [9.17, 15) is 0 Å². The Hall–Kier alpha value is -0.0800. The third kappa shape index (κ3) is 2.68. The lowest BCUT2D eigenvalue weighted by Crippen LogP contribution is -2.51. The lowest BCUT2D eigenvalue weighted by molar-refractivity contribution is 0.0744. The van der Waals surface area contributed by atoms with Crippen molar-refractivity contribution in [2.24, 2.45) is 11.8 Å². The molecule has 0 radical (unpaired) electrons. The molecule has 0 aromatic carbocycles. The van der Waals surface area contributed by atoms with Gasteiger partial charge in [0.05, 0.1) is 0 Å². The Labute approximate surface area is 106 Å². The Morgan fingerprint density at radius 1 is 0.941 bits per heavy atom. The van der Waals surface area contributed by atoms with Crippen molar-refractivity contribution in [1.29, 1.82) is 0 Å². The van der Waals surface area contributed by atoms with E-state index in [0.717, 1.165) is 17.9 Å². The highest BCUT2D eigenvalue weighted by Gasteiger charge is 2.32. The molecule has 2 saturated heterocycles. The maximum atomic E-state index is 2.78. The van der Waals surface area contributed by atoms with E-state index in [-0.39, 0.29) is 0 Å². The summed E-state index contributed by atoms with van der Waals surface area (Å²) in [5.74, 6) is 1.97. The van der Waals surface area contributed by atoms with Crippen LogP contribution in [0.5, 0.6) is 0 Å². The molecule has 3 fully saturated rings. The fraction of sp³-hybridized carbons (Fsp3) is 1.00. The lowest BCUT2D eigenvalue weighted by atomic mass is 9.80. The van der Waals surface area contributed by atoms with E-state index < -0.39 is 0 Å². The first-order chi connectivity index (χ1) is 8.33. The Bertz CT molecular complexity index is 253. The summed E-state index contributed by atoms with van der Waals surface area (Å²) in [6.07, 6.45) is 8.83. The van der Waals surface area contributed by atoms with Crippen molar-refractivity contribution < 1.29 is 0 Å². The molecule has 2 nitrogen and oxygen atoms in total. The summed E-state index contributed by atoms with van der Waals surface area (Å²) in [7, 11) is 0. The standard InChI is InChI=1S/C15H28N2/c1-13-5-2-3-6-14(13)11-16-9-10-17-8-4-7-15(17)12-16/h13-15H,2-12H2,1H3. The van der Waals surface area contributed by atoms with Crippen LogP contribution in [0.3, 0.4) is 0 Å². The molecule has 2 heteroatoms. The van der Waals surface area contributed by atoms with E-state index in [4.69, 9.17) is 0 Å². The molecular weight excluding hydrogens is 208 g/mol. The minimum absolute atomic E-state index is 0.905. The van der Waals surface area contributed by atoms with Gasteiger partial charge in [0.15, 0.2) is 0 Å². The van der Waals surface area contributed by atoms with E-state index in [1.165, 1.54) is 71.2 Å². The maximum Gasteiger partial charge on any atom is 0.0224 e. The molecule has 0 spiro atoms. The van der Waals surface area contributed by atoms with Gasteiger partial charge in [0.2, 0.25) is 0 Å². The van der Waals surface area contributed by atoms with Gasteiger partial charge >= 0.3 is 0 Å². The number of rotatable bonds is 2. The summed E-state index contributed by atoms with van der Waals surface area (Å²) in [6, 6.07) is 0.905. The molecule has 0 aromatic rings. The van der Waals surface area contributed by atoms with Crippen LogP contribution in [0.4, 0.5) is 0 Å². The first kappa shape index (κ1) is 12.0. The van der Waals surface area contributed by atoms with Crippen molar-refractivity contribution in [2.45, 2.75) is 51.5 Å². The van der Waals surface area contributed by atoms with Crippen LogP contribution in [-0.2, 0) is 0 Å². The summed E-state index contributed by atoms with van der Waals surface area (Å²) in [6.45, 7) is 9.29. The summed E-state index contributed by atoms with van der Waals surface area (Å²) in [4.78, 5) is 5.50. The normalized spacial score (nSPS) is 40.4. The summed E-state index contributed by atoms with van der Waals surface area (Å²) >= 11 is 0. The van der Waals surface area contributed by atoms with Gasteiger partial charge in [-0.25, -0.2) is 0 Å². The fourth-order valence-corrected chi connectivity index (χ4v) is 4.22. The zero-order valence-electron chi connectivity index (χ0n) is 11.4. The second kappa shape index (κ2) is 5.27. The van der Waals surface area contributed by atoms with Gasteiger partial charge in [0, 0.05) is 32.2 Å². The van der Waals surface area contributed by atoms with E-state index in [1.54, 1.807) is 0 Å². The minimum atomic E-state index is 0.905. The molecule has 1 saturated carbocycles. The second-order valence-electron chi connectivity index (χ2n) is 6.61. The van der Waals surface area contributed by atoms with Crippen LogP contribution < -0.4 is 0 Å². The minimum Gasteiger partial charge on any atom is -0.300 e. The van der Waals surface area contributed by atoms with Gasteiger partial charge in [0.25, 0.3) is 0 Å². The van der Waals surface area contributed by atoms with Crippen LogP contribution in [0.2, 0.25) is 0 Å². The van der Waals surface area contributed by atoms with Crippen LogP contribution in [0.1, 0.15) is 45.4 Å². The fourth-order valence-electron chi connectivity index (χ4n) is 4.22. The Balaban J connectivity index is 1.51. The van der Waals surface area contributed by atoms with Gasteiger partial charge in [-0.05, 0) is 37.6 Å². The molecule has 0 bridgehead atoms. The molecule has 0 amide bonds. The monoisotopic (exact) mass is 236 g/mol. The molecule has 2 heterocycles. The molecule has 3 atom stereocenters. The van der Waals surface area contributed by atoms with Gasteiger partial charge in [-0.1, -0.05) is 26.2 Å². The van der Waals surface area contributed by atoms with Gasteiger partial charge in [-0.15, -0.1) is 0 Å². The number of piperazine rings is 1. The smallest absolute Gasteiger partial charge is 0.0224 e. The lowest BCUT2D eigenvalue weighted by Gasteiger charge is -2.41. The SMILES string of the molecule is CC1CCCCC1CN1CCN2CCCC2C1. The molecule has 3 unspecified atom stereocenters. The predicted octanol–water partition coefficient (Wildman–Crippen LogP) is 2.59. The Morgan fingerprint density at radius 3 is 2.71 bits per heavy atom. The van der Waals surface area contributed by atoms with Crippen molar-refractivity contribution in [1.82, 2.24) is 9.80 Å². The first-order valence-electron chi connectivity index (χ1n) is 7.79. The van der Waals surface area contributed by atoms with Crippen LogP contribution >= 0.6 is 0 Å². The van der Waals surface area contributed by atoms with Gasteiger partial charge < -0.3 is 4.90 Å². The molecule has 17 heavy (non-hydrogen) atoms. The molecule has 3 aliphatic rings. The van der Waals surface area contributed by atoms with Crippen molar-refractivity contribution in [3.8, 4) is 0 Å². The summed E-state index contributed by atoms with van der Waals surface area (Å²) in [5, 5.41) is 0. The average Bonchev–Trinajstić information content (AvgIpc) is 2.79. The van der Waals surface area contributed by atoms with Crippen LogP contribution in [0.15, 0.2) is 0 Å². The van der Waals surface area contributed by atoms with E-state index >= 15 is 0 Å². The zero-order valence-corrected chi connectivity index (χ0v) is 11.4. The maximum absolute atomic E-state index is 2.78. The summed E-state index contributed by atoms with van der Waals surface area (Å²) in [5.41, 5.74) is 0. The molecule has 98 valence electrons. The van der Waals surface area contributed by atoms with Crippen molar-refractivity contribution in [2.75, 3.05) is 32.7 Å². The van der Waals surface area contributed by atoms with Gasteiger partial charge in [-0.2, -0.15) is 0 Å². The molecule has 3 rings (SSSR count). The Kier molecular flexibility index (Phi) is 3.72. The Morgan fingerprint density at radius 2 is 1.82 bits per heavy atom. The van der Waals surface area contributed by atoms with Crippen molar-refractivity contribution >= 4 is 0 Å². The number of hydrogen-bond donors (Lipinski definition) is 0. The van der Waals surface area contributed by atoms with E-state index in [0.29, 0.717) is 0 Å².